The molecule has 96 heavy (non-hydrogen) atoms. The first-order valence-electron chi connectivity index (χ1n) is 26.5. The predicted molar refractivity (Wildman–Crippen MR) is 351 cm³/mol. The maximum absolute atomic E-state index is 12.0. The molecule has 11 aromatic rings. The summed E-state index contributed by atoms with van der Waals surface area (Å²) < 4.78 is 168. The standard InChI is InChI=1S/C32H16N8.C23H19N5O9S3.3CH4O3S.Zn/c1-2-10-18-17(9-1)25-33-26(18)38-28-21-13-5-6-14-22(21)30(35-28)40-32-24-16-8-7-15-23(24)31(36-32)39-29-20-12-4-3-11-19(20)27(34-29)37-25;1-38(30,31)28-18-8-11-20-14(12-18)13-21(40(35,36)37)22(23(20)29)27-26-16-4-2-15(3-5-16)24-25-17-6-9-19(10-7-17)39(32,33)34;3*1-5(2,3)4;/h1-16H;2-13,28-29H,1H3,(H,32,33,34)(H,35,36,37);3*1H3,(H,2,3,4);/q-2;;;;;+2. The van der Waals surface area contributed by atoms with Gasteiger partial charge in [-0.3, -0.25) is 27.5 Å². The normalized spacial score (nSPS) is 12.2. The largest absolute Gasteiger partial charge is 2.00 e. The van der Waals surface area contributed by atoms with Crippen LogP contribution >= 0.6 is 0 Å². The zero-order chi connectivity index (χ0) is 69.0. The van der Waals surface area contributed by atoms with E-state index in [1.807, 2.05) is 97.1 Å². The first kappa shape index (κ1) is 72.1. The number of phenols is 1. The molecule has 38 heteroatoms. The van der Waals surface area contributed by atoms with Crippen molar-refractivity contribution >= 4 is 144 Å². The fourth-order valence-electron chi connectivity index (χ4n) is 8.87. The molecule has 31 nitrogen and oxygen atoms in total. The number of hydrogen-bond acceptors (Lipinski definition) is 23. The van der Waals surface area contributed by atoms with Crippen molar-refractivity contribution in [1.29, 1.82) is 0 Å². The first-order chi connectivity index (χ1) is 44.4. The molecule has 0 saturated heterocycles. The number of aromatic nitrogens is 8. The molecule has 8 aromatic carbocycles. The maximum atomic E-state index is 12.0. The minimum absolute atomic E-state index is 0. The summed E-state index contributed by atoms with van der Waals surface area (Å²) in [6, 6.07) is 47.8. The van der Waals surface area contributed by atoms with Gasteiger partial charge in [0, 0.05) is 55.9 Å². The average molecular weight is 1470 g/mol. The smallest absolute Gasteiger partial charge is 0.505 e. The summed E-state index contributed by atoms with van der Waals surface area (Å²) in [5.74, 6) is 1.60. The Kier molecular flexibility index (Phi) is 21.6. The van der Waals surface area contributed by atoms with Crippen molar-refractivity contribution in [3.63, 3.8) is 0 Å². The summed E-state index contributed by atoms with van der Waals surface area (Å²) in [6.07, 6.45) is 3.08. The minimum atomic E-state index is -4.88. The van der Waals surface area contributed by atoms with Gasteiger partial charge in [0.2, 0.25) is 10.0 Å². The molecular weight excluding hydrogens is 1420 g/mol. The van der Waals surface area contributed by atoms with E-state index in [0.29, 0.717) is 76.0 Å². The van der Waals surface area contributed by atoms with Gasteiger partial charge in [0.15, 0.2) is 5.75 Å². The van der Waals surface area contributed by atoms with E-state index in [4.69, 9.17) is 58.1 Å². The molecule has 0 spiro atoms. The van der Waals surface area contributed by atoms with Crippen molar-refractivity contribution in [1.82, 2.24) is 39.9 Å². The van der Waals surface area contributed by atoms with Crippen molar-refractivity contribution < 1.29 is 97.9 Å². The Morgan fingerprint density at radius 3 is 1.00 bits per heavy atom. The molecule has 0 amide bonds. The third kappa shape index (κ3) is 19.3. The van der Waals surface area contributed by atoms with E-state index >= 15 is 0 Å². The molecular formula is C58H47N13O18S6Zn. The molecule has 8 bridgehead atoms. The van der Waals surface area contributed by atoms with E-state index in [-0.39, 0.29) is 46.5 Å². The van der Waals surface area contributed by atoms with Crippen LogP contribution in [0.15, 0.2) is 200 Å². The van der Waals surface area contributed by atoms with Crippen LogP contribution in [0.25, 0.3) is 100 Å². The first-order valence-corrected chi connectivity index (χ1v) is 36.8. The second-order valence-electron chi connectivity index (χ2n) is 20.1. The van der Waals surface area contributed by atoms with Crippen LogP contribution in [-0.4, -0.2) is 133 Å². The molecule has 2 aliphatic heterocycles. The molecule has 7 N–H and O–H groups in total. The van der Waals surface area contributed by atoms with E-state index in [0.717, 1.165) is 56.1 Å². The van der Waals surface area contributed by atoms with E-state index in [1.54, 1.807) is 0 Å². The van der Waals surface area contributed by atoms with Gasteiger partial charge in [-0.2, -0.15) is 57.4 Å². The summed E-state index contributed by atoms with van der Waals surface area (Å²) in [5.41, 5.74) is 6.28. The molecule has 0 atom stereocenters. The zero-order valence-electron chi connectivity index (χ0n) is 49.8. The predicted octanol–water partition coefficient (Wildman–Crippen LogP) is 9.88. The number of sulfonamides is 1. The second kappa shape index (κ2) is 28.7. The Balaban J connectivity index is 0.000000201. The molecule has 13 rings (SSSR count). The number of azo groups is 2. The van der Waals surface area contributed by atoms with Crippen LogP contribution in [0.4, 0.5) is 28.4 Å². The van der Waals surface area contributed by atoms with E-state index in [9.17, 15) is 60.2 Å². The summed E-state index contributed by atoms with van der Waals surface area (Å²) in [5, 5.41) is 30.2. The van der Waals surface area contributed by atoms with Crippen LogP contribution in [0.2, 0.25) is 0 Å². The number of phenolic OH excluding ortho intramolecular Hbond substituents is 1. The summed E-state index contributed by atoms with van der Waals surface area (Å²) >= 11 is 0. The van der Waals surface area contributed by atoms with Gasteiger partial charge in [-0.05, 0) is 99.7 Å². The molecule has 0 radical (unpaired) electrons. The number of benzene rings is 8. The minimum Gasteiger partial charge on any atom is -0.505 e. The SMILES string of the molecule is CS(=O)(=O)Nc1ccc2c(O)c(N=Nc3ccc(N=Nc4ccc(S(=O)(=O)O)cc4)cc3)c(S(=O)(=O)O)cc2c1.CS(=O)(=O)O.CS(=O)(=O)O.CS(=O)(=O)O.[Zn+2].c1ccc2c(c1)-c1nc-2nc2[n-]c(nc3nc(nc4[n-]c(n1)c1ccccc41)-c1ccccc1-3)c1ccccc21. The third-order valence-electron chi connectivity index (χ3n) is 12.5. The van der Waals surface area contributed by atoms with Gasteiger partial charge in [-0.25, -0.2) is 18.4 Å². The zero-order valence-corrected chi connectivity index (χ0v) is 57.6. The molecule has 0 fully saturated rings. The van der Waals surface area contributed by atoms with Crippen LogP contribution in [0.1, 0.15) is 0 Å². The Bertz CT molecular complexity index is 5420. The topological polar surface area (TPSA) is 493 Å². The third-order valence-corrected chi connectivity index (χ3v) is 14.8. The van der Waals surface area contributed by atoms with Crippen molar-refractivity contribution in [2.75, 3.05) is 29.7 Å². The molecule has 490 valence electrons. The Labute approximate surface area is 558 Å². The van der Waals surface area contributed by atoms with Gasteiger partial charge < -0.3 is 35.0 Å². The van der Waals surface area contributed by atoms with Gasteiger partial charge in [-0.1, -0.05) is 97.1 Å². The maximum Gasteiger partial charge on any atom is 2.00 e. The number of rotatable bonds is 8. The quantitative estimate of drug-likeness (QED) is 0.0422. The Morgan fingerprint density at radius 2 is 0.688 bits per heavy atom. The molecule has 5 heterocycles. The fraction of sp³-hybridized carbons (Fsp3) is 0.0690. The fourth-order valence-corrected chi connectivity index (χ4v) is 10.6. The van der Waals surface area contributed by atoms with E-state index in [2.05, 4.69) is 25.2 Å². The molecule has 2 aliphatic rings. The van der Waals surface area contributed by atoms with Crippen LogP contribution < -0.4 is 14.7 Å². The molecule has 3 aromatic heterocycles. The van der Waals surface area contributed by atoms with Crippen LogP contribution in [-0.2, 0) is 80.1 Å². The Morgan fingerprint density at radius 1 is 0.375 bits per heavy atom. The van der Waals surface area contributed by atoms with Crippen LogP contribution in [0.3, 0.4) is 0 Å². The van der Waals surface area contributed by atoms with Gasteiger partial charge in [0.05, 0.1) is 70.3 Å². The van der Waals surface area contributed by atoms with E-state index in [1.165, 1.54) is 66.7 Å². The number of aromatic hydroxyl groups is 1. The number of hydrogen-bond donors (Lipinski definition) is 7. The molecule has 0 saturated carbocycles. The van der Waals surface area contributed by atoms with Gasteiger partial charge >= 0.3 is 19.5 Å². The molecule has 0 aliphatic carbocycles. The van der Waals surface area contributed by atoms with E-state index < -0.39 is 76.9 Å². The second-order valence-corrected chi connectivity index (χ2v) is 29.1. The van der Waals surface area contributed by atoms with Gasteiger partial charge in [0.1, 0.15) is 10.6 Å². The monoisotopic (exact) mass is 1470 g/mol. The van der Waals surface area contributed by atoms with Crippen molar-refractivity contribution in [2.24, 2.45) is 20.5 Å². The van der Waals surface area contributed by atoms with Crippen molar-refractivity contribution in [2.45, 2.75) is 9.79 Å². The van der Waals surface area contributed by atoms with Crippen molar-refractivity contribution in [3.8, 4) is 51.3 Å². The number of nitrogens with one attached hydrogen (secondary N) is 1. The van der Waals surface area contributed by atoms with Crippen molar-refractivity contribution in [3.05, 3.63) is 170 Å². The van der Waals surface area contributed by atoms with Gasteiger partial charge in [-0.15, -0.1) is 5.11 Å². The van der Waals surface area contributed by atoms with Crippen LogP contribution in [0.5, 0.6) is 5.75 Å². The Hall–Kier alpha value is -9.70. The number of anilines is 1. The number of fused-ring (bicyclic) bond motifs is 21. The average Bonchev–Trinajstić information content (AvgIpc) is 1.49. The summed E-state index contributed by atoms with van der Waals surface area (Å²) in [7, 11) is -23.8. The summed E-state index contributed by atoms with van der Waals surface area (Å²) in [4.78, 5) is 38.2. The number of nitrogens with zero attached hydrogens (tertiary/aromatic N) is 12. The van der Waals surface area contributed by atoms with Gasteiger partial charge in [0.25, 0.3) is 50.6 Å². The summed E-state index contributed by atoms with van der Waals surface area (Å²) in [6.45, 7) is 0. The molecule has 0 unspecified atom stereocenters. The van der Waals surface area contributed by atoms with Crippen LogP contribution in [0, 0.1) is 0 Å².